The molecule has 92 valence electrons. The second kappa shape index (κ2) is 4.49. The van der Waals surface area contributed by atoms with Gasteiger partial charge in [-0.2, -0.15) is 0 Å². The summed E-state index contributed by atoms with van der Waals surface area (Å²) in [7, 11) is 0. The first-order valence-electron chi connectivity index (χ1n) is 6.06. The summed E-state index contributed by atoms with van der Waals surface area (Å²) in [6.45, 7) is 1.36. The lowest BCUT2D eigenvalue weighted by Crippen LogP contribution is -2.37. The Morgan fingerprint density at radius 2 is 2.06 bits per heavy atom. The molecule has 3 heteroatoms. The van der Waals surface area contributed by atoms with E-state index in [0.717, 1.165) is 24.8 Å². The number of aliphatic carboxylic acids is 1. The molecule has 0 spiro atoms. The SMILES string of the molecule is CC(O)(Cc1cccc2c1CCCC2)C(=O)O. The van der Waals surface area contributed by atoms with Gasteiger partial charge in [-0.05, 0) is 49.3 Å². The van der Waals surface area contributed by atoms with Gasteiger partial charge in [0.25, 0.3) is 0 Å². The average molecular weight is 234 g/mol. The van der Waals surface area contributed by atoms with Crippen LogP contribution in [0.1, 0.15) is 36.5 Å². The molecule has 0 saturated carbocycles. The number of rotatable bonds is 3. The number of aliphatic hydroxyl groups is 1. The van der Waals surface area contributed by atoms with Gasteiger partial charge in [0.2, 0.25) is 0 Å². The molecule has 17 heavy (non-hydrogen) atoms. The van der Waals surface area contributed by atoms with Crippen LogP contribution in [-0.4, -0.2) is 21.8 Å². The summed E-state index contributed by atoms with van der Waals surface area (Å²) < 4.78 is 0. The first-order chi connectivity index (χ1) is 8.00. The number of benzene rings is 1. The molecule has 0 aliphatic heterocycles. The van der Waals surface area contributed by atoms with E-state index >= 15 is 0 Å². The summed E-state index contributed by atoms with van der Waals surface area (Å²) in [5.41, 5.74) is 1.87. The van der Waals surface area contributed by atoms with E-state index in [1.54, 1.807) is 0 Å². The molecule has 1 aromatic carbocycles. The van der Waals surface area contributed by atoms with Crippen LogP contribution in [0.2, 0.25) is 0 Å². The van der Waals surface area contributed by atoms with Gasteiger partial charge in [0.05, 0.1) is 0 Å². The topological polar surface area (TPSA) is 57.5 Å². The van der Waals surface area contributed by atoms with Gasteiger partial charge in [0, 0.05) is 6.42 Å². The molecule has 0 heterocycles. The fourth-order valence-electron chi connectivity index (χ4n) is 2.47. The maximum absolute atomic E-state index is 10.9. The van der Waals surface area contributed by atoms with Crippen LogP contribution in [0, 0.1) is 0 Å². The van der Waals surface area contributed by atoms with Crippen LogP contribution < -0.4 is 0 Å². The van der Waals surface area contributed by atoms with E-state index in [-0.39, 0.29) is 6.42 Å². The Balaban J connectivity index is 2.30. The quantitative estimate of drug-likeness (QED) is 0.840. The van der Waals surface area contributed by atoms with Gasteiger partial charge in [-0.3, -0.25) is 0 Å². The fraction of sp³-hybridized carbons (Fsp3) is 0.500. The maximum atomic E-state index is 10.9. The molecular weight excluding hydrogens is 216 g/mol. The molecule has 1 aliphatic rings. The Bertz CT molecular complexity index is 435. The molecule has 0 amide bonds. The van der Waals surface area contributed by atoms with E-state index in [0.29, 0.717) is 0 Å². The smallest absolute Gasteiger partial charge is 0.335 e. The van der Waals surface area contributed by atoms with Crippen LogP contribution in [-0.2, 0) is 24.1 Å². The third-order valence-electron chi connectivity index (χ3n) is 3.49. The molecule has 2 N–H and O–H groups in total. The lowest BCUT2D eigenvalue weighted by molar-refractivity contribution is -0.156. The van der Waals surface area contributed by atoms with E-state index in [9.17, 15) is 9.90 Å². The Labute approximate surface area is 101 Å². The Morgan fingerprint density at radius 1 is 1.35 bits per heavy atom. The van der Waals surface area contributed by atoms with Crippen molar-refractivity contribution in [3.05, 3.63) is 34.9 Å². The van der Waals surface area contributed by atoms with Crippen molar-refractivity contribution in [1.82, 2.24) is 0 Å². The van der Waals surface area contributed by atoms with E-state index in [1.165, 1.54) is 24.5 Å². The highest BCUT2D eigenvalue weighted by atomic mass is 16.4. The average Bonchev–Trinajstić information content (AvgIpc) is 2.29. The number of carboxylic acid groups (broad SMARTS) is 1. The second-order valence-corrected chi connectivity index (χ2v) is 5.02. The normalized spacial score (nSPS) is 18.2. The summed E-state index contributed by atoms with van der Waals surface area (Å²) in [6, 6.07) is 5.99. The minimum atomic E-state index is -1.67. The molecule has 3 nitrogen and oxygen atoms in total. The predicted molar refractivity (Wildman–Crippen MR) is 65.0 cm³/mol. The van der Waals surface area contributed by atoms with E-state index < -0.39 is 11.6 Å². The van der Waals surface area contributed by atoms with Crippen molar-refractivity contribution < 1.29 is 15.0 Å². The predicted octanol–water partition coefficient (Wildman–Crippen LogP) is 1.94. The van der Waals surface area contributed by atoms with Crippen molar-refractivity contribution >= 4 is 5.97 Å². The summed E-state index contributed by atoms with van der Waals surface area (Å²) in [4.78, 5) is 10.9. The molecule has 0 fully saturated rings. The molecule has 0 bridgehead atoms. The third-order valence-corrected chi connectivity index (χ3v) is 3.49. The maximum Gasteiger partial charge on any atom is 0.335 e. The molecule has 2 rings (SSSR count). The standard InChI is InChI=1S/C14H18O3/c1-14(17,13(15)16)9-11-7-4-6-10-5-2-3-8-12(10)11/h4,6-7,17H,2-3,5,8-9H2,1H3,(H,15,16). The van der Waals surface area contributed by atoms with Gasteiger partial charge in [-0.25, -0.2) is 4.79 Å². The summed E-state index contributed by atoms with van der Waals surface area (Å²) >= 11 is 0. The van der Waals surface area contributed by atoms with Gasteiger partial charge in [0.15, 0.2) is 5.60 Å². The van der Waals surface area contributed by atoms with Crippen LogP contribution in [0.5, 0.6) is 0 Å². The number of aryl methyl sites for hydroxylation is 1. The van der Waals surface area contributed by atoms with E-state index in [1.807, 2.05) is 12.1 Å². The summed E-state index contributed by atoms with van der Waals surface area (Å²) in [6.07, 6.45) is 4.61. The molecule has 0 saturated heterocycles. The lowest BCUT2D eigenvalue weighted by atomic mass is 9.84. The summed E-state index contributed by atoms with van der Waals surface area (Å²) in [5, 5.41) is 18.8. The minimum Gasteiger partial charge on any atom is -0.479 e. The van der Waals surface area contributed by atoms with E-state index in [2.05, 4.69) is 6.07 Å². The fourth-order valence-corrected chi connectivity index (χ4v) is 2.47. The number of carboxylic acids is 1. The zero-order valence-electron chi connectivity index (χ0n) is 10.1. The first kappa shape index (κ1) is 12.1. The number of fused-ring (bicyclic) bond motifs is 1. The van der Waals surface area contributed by atoms with E-state index in [4.69, 9.17) is 5.11 Å². The molecule has 1 unspecified atom stereocenters. The van der Waals surface area contributed by atoms with Gasteiger partial charge < -0.3 is 10.2 Å². The molecule has 0 radical (unpaired) electrons. The Morgan fingerprint density at radius 3 is 2.76 bits per heavy atom. The van der Waals surface area contributed by atoms with Crippen molar-refractivity contribution in [3.8, 4) is 0 Å². The highest BCUT2D eigenvalue weighted by Crippen LogP contribution is 2.27. The molecule has 1 aliphatic carbocycles. The Kier molecular flexibility index (Phi) is 3.20. The van der Waals surface area contributed by atoms with Gasteiger partial charge in [0.1, 0.15) is 0 Å². The van der Waals surface area contributed by atoms with Crippen molar-refractivity contribution in [3.63, 3.8) is 0 Å². The van der Waals surface area contributed by atoms with Gasteiger partial charge in [-0.15, -0.1) is 0 Å². The first-order valence-corrected chi connectivity index (χ1v) is 6.06. The Hall–Kier alpha value is -1.35. The second-order valence-electron chi connectivity index (χ2n) is 5.02. The van der Waals surface area contributed by atoms with Crippen molar-refractivity contribution in [2.24, 2.45) is 0 Å². The number of hydrogen-bond donors (Lipinski definition) is 2. The zero-order valence-corrected chi connectivity index (χ0v) is 10.1. The highest BCUT2D eigenvalue weighted by molar-refractivity contribution is 5.77. The lowest BCUT2D eigenvalue weighted by Gasteiger charge is -2.23. The molecular formula is C14H18O3. The largest absolute Gasteiger partial charge is 0.479 e. The molecule has 0 aromatic heterocycles. The highest BCUT2D eigenvalue weighted by Gasteiger charge is 2.31. The van der Waals surface area contributed by atoms with Crippen molar-refractivity contribution in [2.75, 3.05) is 0 Å². The van der Waals surface area contributed by atoms with Crippen LogP contribution in [0.4, 0.5) is 0 Å². The minimum absolute atomic E-state index is 0.186. The van der Waals surface area contributed by atoms with Crippen LogP contribution in [0.3, 0.4) is 0 Å². The third kappa shape index (κ3) is 2.50. The summed E-state index contributed by atoms with van der Waals surface area (Å²) in [5.74, 6) is -1.16. The monoisotopic (exact) mass is 234 g/mol. The molecule has 1 aromatic rings. The van der Waals surface area contributed by atoms with Crippen LogP contribution >= 0.6 is 0 Å². The van der Waals surface area contributed by atoms with Crippen molar-refractivity contribution in [2.45, 2.75) is 44.6 Å². The molecule has 1 atom stereocenters. The van der Waals surface area contributed by atoms with Crippen molar-refractivity contribution in [1.29, 1.82) is 0 Å². The van der Waals surface area contributed by atoms with Gasteiger partial charge in [-0.1, -0.05) is 18.2 Å². The number of hydrogen-bond acceptors (Lipinski definition) is 2. The van der Waals surface area contributed by atoms with Gasteiger partial charge >= 0.3 is 5.97 Å². The van der Waals surface area contributed by atoms with Crippen LogP contribution in [0.25, 0.3) is 0 Å². The van der Waals surface area contributed by atoms with Crippen LogP contribution in [0.15, 0.2) is 18.2 Å². The number of carbonyl (C=O) groups is 1. The zero-order chi connectivity index (χ0) is 12.5.